The molecule has 0 radical (unpaired) electrons. The van der Waals surface area contributed by atoms with E-state index in [1.54, 1.807) is 6.08 Å². The van der Waals surface area contributed by atoms with E-state index in [1.165, 1.54) is 11.3 Å². The van der Waals surface area contributed by atoms with E-state index in [1.807, 2.05) is 41.3 Å². The summed E-state index contributed by atoms with van der Waals surface area (Å²) in [6.45, 7) is 6.25. The molecule has 3 rings (SSSR count). The van der Waals surface area contributed by atoms with Crippen LogP contribution in [0.5, 0.6) is 5.75 Å². The quantitative estimate of drug-likeness (QED) is 0.809. The van der Waals surface area contributed by atoms with Gasteiger partial charge in [0, 0.05) is 37.9 Å². The third kappa shape index (κ3) is 3.43. The van der Waals surface area contributed by atoms with Crippen molar-refractivity contribution in [3.05, 3.63) is 72.3 Å². The molecule has 0 bridgehead atoms. The van der Waals surface area contributed by atoms with E-state index in [9.17, 15) is 4.79 Å². The van der Waals surface area contributed by atoms with E-state index in [4.69, 9.17) is 4.74 Å². The van der Waals surface area contributed by atoms with Gasteiger partial charge in [0.05, 0.1) is 0 Å². The minimum absolute atomic E-state index is 0.0513. The summed E-state index contributed by atoms with van der Waals surface area (Å²) in [6.07, 6.45) is 1.70. The van der Waals surface area contributed by atoms with Gasteiger partial charge in [0.1, 0.15) is 12.4 Å². The van der Waals surface area contributed by atoms with Crippen LogP contribution in [-0.2, 0) is 6.54 Å². The molecule has 0 saturated heterocycles. The lowest BCUT2D eigenvalue weighted by Crippen LogP contribution is -2.34. The molecule has 1 aliphatic rings. The first-order valence-corrected chi connectivity index (χ1v) is 8.11. The molecule has 2 aromatic rings. The average Bonchev–Trinajstić information content (AvgIpc) is 2.79. The number of hydrogen-bond donors (Lipinski definition) is 0. The average molecular weight is 322 g/mol. The molecule has 0 aliphatic carbocycles. The van der Waals surface area contributed by atoms with Crippen LogP contribution in [0.2, 0.25) is 0 Å². The number of likely N-dealkylation sites (N-methyl/N-ethyl adjacent to an activating group) is 1. The van der Waals surface area contributed by atoms with Gasteiger partial charge in [0.25, 0.3) is 5.91 Å². The molecule has 1 aliphatic heterocycles. The number of benzene rings is 2. The van der Waals surface area contributed by atoms with Gasteiger partial charge >= 0.3 is 0 Å². The summed E-state index contributed by atoms with van der Waals surface area (Å²) >= 11 is 0. The zero-order chi connectivity index (χ0) is 16.9. The normalized spacial score (nSPS) is 13.9. The highest BCUT2D eigenvalue weighted by atomic mass is 16.5. The molecule has 0 aromatic heterocycles. The summed E-state index contributed by atoms with van der Waals surface area (Å²) in [4.78, 5) is 17.0. The molecule has 4 nitrogen and oxygen atoms in total. The van der Waals surface area contributed by atoms with Gasteiger partial charge in [-0.15, -0.1) is 0 Å². The van der Waals surface area contributed by atoms with E-state index in [0.717, 1.165) is 12.3 Å². The Kier molecular flexibility index (Phi) is 4.85. The highest BCUT2D eigenvalue weighted by Gasteiger charge is 2.22. The summed E-state index contributed by atoms with van der Waals surface area (Å²) < 4.78 is 5.47. The SMILES string of the molecule is C=CCOc1ccc(C(=O)N2CCN(C)c3ccccc3C2)cc1. The summed E-state index contributed by atoms with van der Waals surface area (Å²) in [5.74, 6) is 0.794. The molecule has 24 heavy (non-hydrogen) atoms. The lowest BCUT2D eigenvalue weighted by Gasteiger charge is -2.21. The molecule has 0 fully saturated rings. The van der Waals surface area contributed by atoms with Crippen LogP contribution in [0.15, 0.2) is 61.2 Å². The van der Waals surface area contributed by atoms with Gasteiger partial charge in [-0.05, 0) is 35.9 Å². The van der Waals surface area contributed by atoms with E-state index < -0.39 is 0 Å². The number of carbonyl (C=O) groups excluding carboxylic acids is 1. The molecular weight excluding hydrogens is 300 g/mol. The predicted molar refractivity (Wildman–Crippen MR) is 96.6 cm³/mol. The van der Waals surface area contributed by atoms with Crippen molar-refractivity contribution in [3.63, 3.8) is 0 Å². The van der Waals surface area contributed by atoms with Crippen LogP contribution in [0.3, 0.4) is 0 Å². The van der Waals surface area contributed by atoms with Crippen LogP contribution in [0.1, 0.15) is 15.9 Å². The minimum atomic E-state index is 0.0513. The van der Waals surface area contributed by atoms with Crippen LogP contribution in [-0.4, -0.2) is 37.6 Å². The summed E-state index contributed by atoms with van der Waals surface area (Å²) in [5, 5.41) is 0. The fourth-order valence-corrected chi connectivity index (χ4v) is 2.90. The molecule has 0 unspecified atom stereocenters. The number of para-hydroxylation sites is 1. The molecule has 0 N–H and O–H groups in total. The number of anilines is 1. The van der Waals surface area contributed by atoms with Gasteiger partial charge < -0.3 is 14.5 Å². The van der Waals surface area contributed by atoms with Crippen LogP contribution < -0.4 is 9.64 Å². The molecular formula is C20H22N2O2. The standard InChI is InChI=1S/C20H22N2O2/c1-3-14-24-18-10-8-16(9-11-18)20(23)22-13-12-21(2)19-7-5-4-6-17(19)15-22/h3-11H,1,12-15H2,2H3. The molecule has 1 heterocycles. The zero-order valence-electron chi connectivity index (χ0n) is 13.9. The number of rotatable bonds is 4. The molecule has 0 spiro atoms. The first-order valence-electron chi connectivity index (χ1n) is 8.11. The van der Waals surface area contributed by atoms with Crippen molar-refractivity contribution in [2.24, 2.45) is 0 Å². The summed E-state index contributed by atoms with van der Waals surface area (Å²) in [7, 11) is 2.07. The fourth-order valence-electron chi connectivity index (χ4n) is 2.90. The number of hydrogen-bond acceptors (Lipinski definition) is 3. The number of nitrogens with zero attached hydrogens (tertiary/aromatic N) is 2. The highest BCUT2D eigenvalue weighted by Crippen LogP contribution is 2.24. The smallest absolute Gasteiger partial charge is 0.254 e. The predicted octanol–water partition coefficient (Wildman–Crippen LogP) is 3.34. The largest absolute Gasteiger partial charge is 0.490 e. The Morgan fingerprint density at radius 2 is 1.92 bits per heavy atom. The van der Waals surface area contributed by atoms with Crippen LogP contribution in [0.4, 0.5) is 5.69 Å². The van der Waals surface area contributed by atoms with E-state index in [-0.39, 0.29) is 5.91 Å². The topological polar surface area (TPSA) is 32.8 Å². The van der Waals surface area contributed by atoms with Crippen molar-refractivity contribution >= 4 is 11.6 Å². The van der Waals surface area contributed by atoms with Gasteiger partial charge in [-0.2, -0.15) is 0 Å². The lowest BCUT2D eigenvalue weighted by atomic mass is 10.1. The zero-order valence-corrected chi connectivity index (χ0v) is 13.9. The molecule has 0 atom stereocenters. The number of ether oxygens (including phenoxy) is 1. The number of amides is 1. The first kappa shape index (κ1) is 16.1. The Morgan fingerprint density at radius 1 is 1.17 bits per heavy atom. The van der Waals surface area contributed by atoms with Crippen molar-refractivity contribution < 1.29 is 9.53 Å². The second-order valence-corrected chi connectivity index (χ2v) is 5.90. The molecule has 4 heteroatoms. The Hall–Kier alpha value is -2.75. The number of fused-ring (bicyclic) bond motifs is 1. The molecule has 1 amide bonds. The molecule has 124 valence electrons. The van der Waals surface area contributed by atoms with Gasteiger partial charge in [0.15, 0.2) is 0 Å². The third-order valence-electron chi connectivity index (χ3n) is 4.23. The maximum atomic E-state index is 12.8. The second kappa shape index (κ2) is 7.21. The van der Waals surface area contributed by atoms with E-state index >= 15 is 0 Å². The van der Waals surface area contributed by atoms with Crippen LogP contribution >= 0.6 is 0 Å². The van der Waals surface area contributed by atoms with Crippen molar-refractivity contribution in [2.45, 2.75) is 6.54 Å². The minimum Gasteiger partial charge on any atom is -0.490 e. The third-order valence-corrected chi connectivity index (χ3v) is 4.23. The van der Waals surface area contributed by atoms with Gasteiger partial charge in [0.2, 0.25) is 0 Å². The number of carbonyl (C=O) groups is 1. The fraction of sp³-hybridized carbons (Fsp3) is 0.250. The Balaban J connectivity index is 1.76. The summed E-state index contributed by atoms with van der Waals surface area (Å²) in [6, 6.07) is 15.5. The highest BCUT2D eigenvalue weighted by molar-refractivity contribution is 5.94. The first-order chi connectivity index (χ1) is 11.7. The Bertz CT molecular complexity index is 725. The maximum absolute atomic E-state index is 12.8. The van der Waals surface area contributed by atoms with E-state index in [2.05, 4.69) is 30.7 Å². The van der Waals surface area contributed by atoms with Crippen LogP contribution in [0, 0.1) is 0 Å². The van der Waals surface area contributed by atoms with Crippen molar-refractivity contribution in [1.82, 2.24) is 4.90 Å². The van der Waals surface area contributed by atoms with Gasteiger partial charge in [-0.1, -0.05) is 30.9 Å². The van der Waals surface area contributed by atoms with Crippen LogP contribution in [0.25, 0.3) is 0 Å². The monoisotopic (exact) mass is 322 g/mol. The van der Waals surface area contributed by atoms with E-state index in [0.29, 0.717) is 25.3 Å². The summed E-state index contributed by atoms with van der Waals surface area (Å²) in [5.41, 5.74) is 3.06. The lowest BCUT2D eigenvalue weighted by molar-refractivity contribution is 0.0751. The molecule has 0 saturated carbocycles. The van der Waals surface area contributed by atoms with Crippen molar-refractivity contribution in [3.8, 4) is 5.75 Å². The van der Waals surface area contributed by atoms with Gasteiger partial charge in [-0.25, -0.2) is 0 Å². The van der Waals surface area contributed by atoms with Crippen molar-refractivity contribution in [1.29, 1.82) is 0 Å². The Morgan fingerprint density at radius 3 is 2.67 bits per heavy atom. The molecule has 2 aromatic carbocycles. The maximum Gasteiger partial charge on any atom is 0.254 e. The van der Waals surface area contributed by atoms with Crippen molar-refractivity contribution in [2.75, 3.05) is 31.6 Å². The van der Waals surface area contributed by atoms with Gasteiger partial charge in [-0.3, -0.25) is 4.79 Å². The second-order valence-electron chi connectivity index (χ2n) is 5.90. The Labute approximate surface area is 143 Å².